The summed E-state index contributed by atoms with van der Waals surface area (Å²) < 4.78 is 0. The Hall–Kier alpha value is -1.06. The van der Waals surface area contributed by atoms with Crippen molar-refractivity contribution in [2.24, 2.45) is 5.73 Å². The second kappa shape index (κ2) is 3.83. The maximum Gasteiger partial charge on any atom is 0.239 e. The van der Waals surface area contributed by atoms with Gasteiger partial charge in [0.1, 0.15) is 0 Å². The highest BCUT2D eigenvalue weighted by atomic mass is 35.5. The van der Waals surface area contributed by atoms with Crippen LogP contribution in [0.2, 0.25) is 5.02 Å². The zero-order valence-corrected chi connectivity index (χ0v) is 9.24. The number of carbonyl (C=O) groups excluding carboxylic acids is 1. The van der Waals surface area contributed by atoms with Crippen molar-refractivity contribution in [3.63, 3.8) is 0 Å². The smallest absolute Gasteiger partial charge is 0.239 e. The van der Waals surface area contributed by atoms with Crippen LogP contribution >= 0.6 is 11.6 Å². The SMILES string of the molecule is CN1C(=O)C(N)CC1c1cccc(Cl)c1. The first-order valence-corrected chi connectivity index (χ1v) is 5.25. The third-order valence-electron chi connectivity index (χ3n) is 2.84. The van der Waals surface area contributed by atoms with E-state index < -0.39 is 0 Å². The van der Waals surface area contributed by atoms with Crippen LogP contribution in [0.25, 0.3) is 0 Å². The van der Waals surface area contributed by atoms with Gasteiger partial charge in [0.15, 0.2) is 0 Å². The number of nitrogens with zero attached hydrogens (tertiary/aromatic N) is 1. The normalized spacial score (nSPS) is 26.1. The molecule has 0 saturated carbocycles. The van der Waals surface area contributed by atoms with Crippen LogP contribution in [0.15, 0.2) is 24.3 Å². The van der Waals surface area contributed by atoms with Gasteiger partial charge in [-0.1, -0.05) is 23.7 Å². The van der Waals surface area contributed by atoms with E-state index in [4.69, 9.17) is 17.3 Å². The number of rotatable bonds is 1. The molecule has 1 aliphatic rings. The third kappa shape index (κ3) is 1.85. The lowest BCUT2D eigenvalue weighted by Gasteiger charge is -2.19. The number of hydrogen-bond acceptors (Lipinski definition) is 2. The van der Waals surface area contributed by atoms with E-state index in [1.807, 2.05) is 24.3 Å². The highest BCUT2D eigenvalue weighted by Gasteiger charge is 2.35. The molecule has 2 atom stereocenters. The zero-order chi connectivity index (χ0) is 11.0. The van der Waals surface area contributed by atoms with Crippen LogP contribution in [0.1, 0.15) is 18.0 Å². The van der Waals surface area contributed by atoms with Crippen molar-refractivity contribution in [2.45, 2.75) is 18.5 Å². The number of benzene rings is 1. The summed E-state index contributed by atoms with van der Waals surface area (Å²) in [4.78, 5) is 13.2. The summed E-state index contributed by atoms with van der Waals surface area (Å²) in [6.07, 6.45) is 0.662. The van der Waals surface area contributed by atoms with Crippen molar-refractivity contribution in [1.29, 1.82) is 0 Å². The second-order valence-corrected chi connectivity index (χ2v) is 4.30. The Morgan fingerprint density at radius 1 is 1.53 bits per heavy atom. The summed E-state index contributed by atoms with van der Waals surface area (Å²) in [6.45, 7) is 0. The molecule has 0 bridgehead atoms. The number of halogens is 1. The Morgan fingerprint density at radius 2 is 2.27 bits per heavy atom. The summed E-state index contributed by atoms with van der Waals surface area (Å²) in [6, 6.07) is 7.25. The zero-order valence-electron chi connectivity index (χ0n) is 8.48. The van der Waals surface area contributed by atoms with E-state index in [0.717, 1.165) is 5.56 Å². The van der Waals surface area contributed by atoms with Crippen molar-refractivity contribution in [1.82, 2.24) is 4.90 Å². The van der Waals surface area contributed by atoms with Gasteiger partial charge >= 0.3 is 0 Å². The molecule has 0 aromatic heterocycles. The molecule has 15 heavy (non-hydrogen) atoms. The first-order chi connectivity index (χ1) is 7.09. The van der Waals surface area contributed by atoms with Crippen molar-refractivity contribution < 1.29 is 4.79 Å². The third-order valence-corrected chi connectivity index (χ3v) is 3.08. The van der Waals surface area contributed by atoms with Gasteiger partial charge in [0.05, 0.1) is 12.1 Å². The molecule has 2 N–H and O–H groups in total. The van der Waals surface area contributed by atoms with Crippen LogP contribution in [-0.2, 0) is 4.79 Å². The molecule has 2 unspecified atom stereocenters. The molecule has 1 aromatic carbocycles. The fourth-order valence-corrected chi connectivity index (χ4v) is 2.19. The fourth-order valence-electron chi connectivity index (χ4n) is 1.99. The summed E-state index contributed by atoms with van der Waals surface area (Å²) in [7, 11) is 1.78. The standard InChI is InChI=1S/C11H13ClN2O/c1-14-10(6-9(13)11(14)15)7-3-2-4-8(12)5-7/h2-5,9-10H,6,13H2,1H3. The topological polar surface area (TPSA) is 46.3 Å². The van der Waals surface area contributed by atoms with Crippen molar-refractivity contribution in [3.8, 4) is 0 Å². The minimum Gasteiger partial charge on any atom is -0.337 e. The number of amides is 1. The van der Waals surface area contributed by atoms with Gasteiger partial charge in [0, 0.05) is 12.1 Å². The van der Waals surface area contributed by atoms with Gasteiger partial charge in [-0.2, -0.15) is 0 Å². The summed E-state index contributed by atoms with van der Waals surface area (Å²) in [5.74, 6) is -0.0000227. The molecular formula is C11H13ClN2O. The molecule has 1 amide bonds. The Labute approximate surface area is 93.8 Å². The van der Waals surface area contributed by atoms with Gasteiger partial charge in [-0.15, -0.1) is 0 Å². The van der Waals surface area contributed by atoms with Crippen LogP contribution < -0.4 is 5.73 Å². The molecule has 1 heterocycles. The molecule has 1 aromatic rings. The average Bonchev–Trinajstić information content (AvgIpc) is 2.46. The monoisotopic (exact) mass is 224 g/mol. The number of likely N-dealkylation sites (N-methyl/N-ethyl adjacent to an activating group) is 1. The maximum atomic E-state index is 11.5. The maximum absolute atomic E-state index is 11.5. The van der Waals surface area contributed by atoms with E-state index in [0.29, 0.717) is 11.4 Å². The van der Waals surface area contributed by atoms with Gasteiger partial charge in [-0.25, -0.2) is 0 Å². The lowest BCUT2D eigenvalue weighted by Crippen LogP contribution is -2.31. The van der Waals surface area contributed by atoms with Gasteiger partial charge in [-0.05, 0) is 24.1 Å². The van der Waals surface area contributed by atoms with Gasteiger partial charge in [0.25, 0.3) is 0 Å². The van der Waals surface area contributed by atoms with E-state index in [2.05, 4.69) is 0 Å². The fraction of sp³-hybridized carbons (Fsp3) is 0.364. The first-order valence-electron chi connectivity index (χ1n) is 4.87. The first kappa shape index (κ1) is 10.5. The van der Waals surface area contributed by atoms with Crippen LogP contribution in [0, 0.1) is 0 Å². The van der Waals surface area contributed by atoms with E-state index >= 15 is 0 Å². The Kier molecular flexibility index (Phi) is 2.67. The van der Waals surface area contributed by atoms with Gasteiger partial charge in [-0.3, -0.25) is 4.79 Å². The van der Waals surface area contributed by atoms with E-state index in [1.165, 1.54) is 0 Å². The molecule has 0 aliphatic carbocycles. The van der Waals surface area contributed by atoms with Gasteiger partial charge in [0.2, 0.25) is 5.91 Å². The molecule has 80 valence electrons. The molecular weight excluding hydrogens is 212 g/mol. The number of likely N-dealkylation sites (tertiary alicyclic amines) is 1. The van der Waals surface area contributed by atoms with Crippen LogP contribution in [0.5, 0.6) is 0 Å². The highest BCUT2D eigenvalue weighted by Crippen LogP contribution is 2.31. The number of hydrogen-bond donors (Lipinski definition) is 1. The molecule has 3 nitrogen and oxygen atoms in total. The average molecular weight is 225 g/mol. The largest absolute Gasteiger partial charge is 0.337 e. The summed E-state index contributed by atoms with van der Waals surface area (Å²) in [5.41, 5.74) is 6.76. The van der Waals surface area contributed by atoms with E-state index in [-0.39, 0.29) is 18.0 Å². The van der Waals surface area contributed by atoms with Gasteiger partial charge < -0.3 is 10.6 Å². The number of nitrogens with two attached hydrogens (primary N) is 1. The quantitative estimate of drug-likeness (QED) is 0.787. The molecule has 1 fully saturated rings. The molecule has 1 saturated heterocycles. The molecule has 2 rings (SSSR count). The molecule has 4 heteroatoms. The highest BCUT2D eigenvalue weighted by molar-refractivity contribution is 6.30. The molecule has 0 spiro atoms. The van der Waals surface area contributed by atoms with E-state index in [9.17, 15) is 4.79 Å². The van der Waals surface area contributed by atoms with Crippen LogP contribution in [-0.4, -0.2) is 23.9 Å². The van der Waals surface area contributed by atoms with Crippen molar-refractivity contribution >= 4 is 17.5 Å². The van der Waals surface area contributed by atoms with E-state index in [1.54, 1.807) is 11.9 Å². The van der Waals surface area contributed by atoms with Crippen LogP contribution in [0.4, 0.5) is 0 Å². The van der Waals surface area contributed by atoms with Crippen molar-refractivity contribution in [2.75, 3.05) is 7.05 Å². The predicted octanol–water partition coefficient (Wildman–Crippen LogP) is 1.57. The minimum atomic E-state index is -0.376. The van der Waals surface area contributed by atoms with Crippen LogP contribution in [0.3, 0.4) is 0 Å². The Morgan fingerprint density at radius 3 is 2.80 bits per heavy atom. The Bertz CT molecular complexity index is 394. The summed E-state index contributed by atoms with van der Waals surface area (Å²) in [5, 5.41) is 0.689. The lowest BCUT2D eigenvalue weighted by atomic mass is 10.0. The minimum absolute atomic E-state index is 0.0000227. The molecule has 1 aliphatic heterocycles. The summed E-state index contributed by atoms with van der Waals surface area (Å²) >= 11 is 5.91. The molecule has 0 radical (unpaired) electrons. The lowest BCUT2D eigenvalue weighted by molar-refractivity contribution is -0.128. The van der Waals surface area contributed by atoms with Crippen molar-refractivity contribution in [3.05, 3.63) is 34.9 Å². The number of carbonyl (C=O) groups is 1. The predicted molar refractivity (Wildman–Crippen MR) is 59.6 cm³/mol. The second-order valence-electron chi connectivity index (χ2n) is 3.86. The Balaban J connectivity index is 2.29.